The van der Waals surface area contributed by atoms with E-state index < -0.39 is 35.2 Å². The van der Waals surface area contributed by atoms with E-state index in [1.165, 1.54) is 4.90 Å². The summed E-state index contributed by atoms with van der Waals surface area (Å²) in [6.45, 7) is 5.07. The predicted molar refractivity (Wildman–Crippen MR) is 99.5 cm³/mol. The number of ether oxygens (including phenoxy) is 2. The van der Waals surface area contributed by atoms with Gasteiger partial charge in [0.1, 0.15) is 10.6 Å². The Hall–Kier alpha value is -2.25. The molecule has 0 saturated heterocycles. The van der Waals surface area contributed by atoms with Crippen molar-refractivity contribution in [3.63, 3.8) is 0 Å². The average molecular weight is 413 g/mol. The van der Waals surface area contributed by atoms with Crippen molar-refractivity contribution in [1.29, 1.82) is 0 Å². The van der Waals surface area contributed by atoms with Crippen molar-refractivity contribution in [3.05, 3.63) is 39.9 Å². The first kappa shape index (κ1) is 19.5. The summed E-state index contributed by atoms with van der Waals surface area (Å²) in [7, 11) is 1.55. The van der Waals surface area contributed by atoms with Gasteiger partial charge in [-0.05, 0) is 26.8 Å². The Balaban J connectivity index is 2.16. The number of likely N-dealkylation sites (N-methyl/N-ethyl adjacent to an activating group) is 1. The number of esters is 1. The van der Waals surface area contributed by atoms with Gasteiger partial charge in [0.05, 0.1) is 5.03 Å². The second kappa shape index (κ2) is 6.42. The van der Waals surface area contributed by atoms with Crippen LogP contribution in [-0.4, -0.2) is 36.7 Å². The maximum absolute atomic E-state index is 13.3. The Morgan fingerprint density at radius 1 is 1.26 bits per heavy atom. The van der Waals surface area contributed by atoms with E-state index in [0.29, 0.717) is 11.3 Å². The number of carbonyl (C=O) groups is 3. The summed E-state index contributed by atoms with van der Waals surface area (Å²) in [4.78, 5) is 39.1. The number of hydrogen-bond acceptors (Lipinski definition) is 5. The molecule has 0 radical (unpaired) electrons. The molecule has 27 heavy (non-hydrogen) atoms. The largest absolute Gasteiger partial charge is 0.449 e. The summed E-state index contributed by atoms with van der Waals surface area (Å²) in [6.07, 6.45) is -2.17. The number of rotatable bonds is 2. The third-order valence-electron chi connectivity index (χ3n) is 4.27. The third kappa shape index (κ3) is 3.04. The van der Waals surface area contributed by atoms with Crippen molar-refractivity contribution in [2.24, 2.45) is 0 Å². The fraction of sp³-hybridized carbons (Fsp3) is 0.389. The van der Waals surface area contributed by atoms with Crippen LogP contribution in [0.1, 0.15) is 26.3 Å². The molecule has 2 aliphatic heterocycles. The highest BCUT2D eigenvalue weighted by Crippen LogP contribution is 2.48. The molecule has 1 N–H and O–H groups in total. The fourth-order valence-electron chi connectivity index (χ4n) is 3.19. The van der Waals surface area contributed by atoms with E-state index in [2.05, 4.69) is 5.32 Å². The summed E-state index contributed by atoms with van der Waals surface area (Å²) in [5, 5.41) is 2.11. The molecule has 3 rings (SSSR count). The smallest absolute Gasteiger partial charge is 0.408 e. The molecule has 2 atom stereocenters. The Kier molecular flexibility index (Phi) is 4.64. The van der Waals surface area contributed by atoms with Crippen LogP contribution in [0.25, 0.3) is 0 Å². The first-order chi connectivity index (χ1) is 12.5. The molecule has 1 aromatic rings. The van der Waals surface area contributed by atoms with E-state index in [-0.39, 0.29) is 10.1 Å². The van der Waals surface area contributed by atoms with Crippen LogP contribution in [0.4, 0.5) is 10.5 Å². The lowest BCUT2D eigenvalue weighted by Crippen LogP contribution is -2.60. The van der Waals surface area contributed by atoms with Gasteiger partial charge in [-0.25, -0.2) is 9.59 Å². The molecule has 0 saturated carbocycles. The lowest BCUT2D eigenvalue weighted by Gasteiger charge is -2.34. The molecule has 144 valence electrons. The summed E-state index contributed by atoms with van der Waals surface area (Å²) in [5.41, 5.74) is -1.63. The van der Waals surface area contributed by atoms with Gasteiger partial charge in [-0.15, -0.1) is 0 Å². The van der Waals surface area contributed by atoms with E-state index in [9.17, 15) is 14.4 Å². The van der Waals surface area contributed by atoms with Crippen molar-refractivity contribution < 1.29 is 23.9 Å². The number of halogens is 2. The zero-order valence-electron chi connectivity index (χ0n) is 15.1. The van der Waals surface area contributed by atoms with Crippen molar-refractivity contribution in [3.8, 4) is 0 Å². The number of alkyl carbamates (subject to hydrolysis) is 1. The van der Waals surface area contributed by atoms with Crippen molar-refractivity contribution >= 4 is 46.9 Å². The topological polar surface area (TPSA) is 84.9 Å². The van der Waals surface area contributed by atoms with Crippen LogP contribution in [0.3, 0.4) is 0 Å². The number of carbonyl (C=O) groups excluding carboxylic acids is 3. The number of nitrogens with zero attached hydrogens (tertiary/aromatic N) is 1. The average Bonchev–Trinajstić information content (AvgIpc) is 2.95. The standard InChI is InChI=1S/C18H18Cl2N2O5/c1-17(2,3)27-16(25)21-18(13-11(19)12(20)14(23)26-13)9-7-5-6-8-10(9)22(4)15(18)24/h5-8,13H,1-4H3,(H,21,25)/t13-,18+/m0/s1. The van der Waals surface area contributed by atoms with Crippen LogP contribution >= 0.6 is 23.2 Å². The minimum absolute atomic E-state index is 0.156. The number of amides is 2. The van der Waals surface area contributed by atoms with Gasteiger partial charge < -0.3 is 14.4 Å². The predicted octanol–water partition coefficient (Wildman–Crippen LogP) is 3.00. The number of benzene rings is 1. The van der Waals surface area contributed by atoms with E-state index in [0.717, 1.165) is 0 Å². The molecule has 0 aromatic heterocycles. The van der Waals surface area contributed by atoms with Crippen LogP contribution in [-0.2, 0) is 24.6 Å². The normalized spacial score (nSPS) is 24.8. The van der Waals surface area contributed by atoms with Crippen molar-refractivity contribution in [2.75, 3.05) is 11.9 Å². The molecule has 0 aliphatic carbocycles. The molecule has 2 amide bonds. The number of nitrogens with one attached hydrogen (secondary N) is 1. The fourth-order valence-corrected chi connectivity index (χ4v) is 3.62. The monoisotopic (exact) mass is 412 g/mol. The number of anilines is 1. The summed E-state index contributed by atoms with van der Waals surface area (Å²) < 4.78 is 10.6. The van der Waals surface area contributed by atoms with E-state index in [1.807, 2.05) is 0 Å². The van der Waals surface area contributed by atoms with Crippen LogP contribution in [0.2, 0.25) is 0 Å². The van der Waals surface area contributed by atoms with Gasteiger partial charge in [-0.2, -0.15) is 0 Å². The van der Waals surface area contributed by atoms with Gasteiger partial charge in [-0.3, -0.25) is 10.1 Å². The van der Waals surface area contributed by atoms with Crippen molar-refractivity contribution in [1.82, 2.24) is 5.32 Å². The van der Waals surface area contributed by atoms with Gasteiger partial charge in [0, 0.05) is 18.3 Å². The van der Waals surface area contributed by atoms with Gasteiger partial charge >= 0.3 is 12.1 Å². The molecule has 2 aliphatic rings. The SMILES string of the molecule is CN1C(=O)[C@](NC(=O)OC(C)(C)C)([C@H]2OC(=O)C(Cl)=C2Cl)c2ccccc21. The van der Waals surface area contributed by atoms with Crippen molar-refractivity contribution in [2.45, 2.75) is 38.0 Å². The summed E-state index contributed by atoms with van der Waals surface area (Å²) in [5.74, 6) is -1.39. The molecule has 7 nitrogen and oxygen atoms in total. The van der Waals surface area contributed by atoms with Gasteiger partial charge in [0.15, 0.2) is 11.6 Å². The quantitative estimate of drug-likeness (QED) is 0.754. The molecule has 9 heteroatoms. The van der Waals surface area contributed by atoms with Crippen LogP contribution in [0.15, 0.2) is 34.3 Å². The first-order valence-corrected chi connectivity index (χ1v) is 8.89. The summed E-state index contributed by atoms with van der Waals surface area (Å²) in [6, 6.07) is 6.81. The number of fused-ring (bicyclic) bond motifs is 1. The number of hydrogen-bond donors (Lipinski definition) is 1. The van der Waals surface area contributed by atoms with E-state index in [1.54, 1.807) is 52.1 Å². The second-order valence-corrected chi connectivity index (χ2v) is 8.05. The maximum Gasteiger partial charge on any atom is 0.408 e. The highest BCUT2D eigenvalue weighted by Gasteiger charge is 2.61. The molecule has 2 heterocycles. The Bertz CT molecular complexity index is 877. The van der Waals surface area contributed by atoms with Gasteiger partial charge in [0.2, 0.25) is 0 Å². The zero-order chi connectivity index (χ0) is 20.1. The minimum atomic E-state index is -1.79. The molecule has 0 unspecified atom stereocenters. The molecule has 1 aromatic carbocycles. The van der Waals surface area contributed by atoms with Crippen LogP contribution in [0, 0.1) is 0 Å². The second-order valence-electron chi connectivity index (χ2n) is 7.26. The third-order valence-corrected chi connectivity index (χ3v) is 5.11. The molecular weight excluding hydrogens is 395 g/mol. The van der Waals surface area contributed by atoms with Crippen LogP contribution < -0.4 is 10.2 Å². The van der Waals surface area contributed by atoms with E-state index in [4.69, 9.17) is 32.7 Å². The first-order valence-electron chi connectivity index (χ1n) is 8.14. The molecular formula is C18H18Cl2N2O5. The number of cyclic esters (lactones) is 1. The Labute approximate surface area is 166 Å². The lowest BCUT2D eigenvalue weighted by molar-refractivity contribution is -0.145. The highest BCUT2D eigenvalue weighted by molar-refractivity contribution is 6.49. The molecule has 0 fully saturated rings. The highest BCUT2D eigenvalue weighted by atomic mass is 35.5. The van der Waals surface area contributed by atoms with Gasteiger partial charge in [-0.1, -0.05) is 41.4 Å². The van der Waals surface area contributed by atoms with Crippen LogP contribution in [0.5, 0.6) is 0 Å². The Morgan fingerprint density at radius 2 is 1.89 bits per heavy atom. The zero-order valence-corrected chi connectivity index (χ0v) is 16.6. The minimum Gasteiger partial charge on any atom is -0.449 e. The molecule has 0 bridgehead atoms. The summed E-state index contributed by atoms with van der Waals surface area (Å²) >= 11 is 12.1. The number of para-hydroxylation sites is 1. The Morgan fingerprint density at radius 3 is 2.44 bits per heavy atom. The van der Waals surface area contributed by atoms with Gasteiger partial charge in [0.25, 0.3) is 5.91 Å². The van der Waals surface area contributed by atoms with E-state index >= 15 is 0 Å². The maximum atomic E-state index is 13.3. The lowest BCUT2D eigenvalue weighted by atomic mass is 9.85. The molecule has 0 spiro atoms.